The molecule has 2 unspecified atom stereocenters. The number of aromatic nitrogens is 1. The Hall–Kier alpha value is -1.05. The molecule has 0 amide bonds. The van der Waals surface area contributed by atoms with Crippen LogP contribution in [0.25, 0.3) is 0 Å². The lowest BCUT2D eigenvalue weighted by atomic mass is 10.1. The molecule has 20 heavy (non-hydrogen) atoms. The number of aliphatic hydroxyl groups excluding tert-OH is 1. The van der Waals surface area contributed by atoms with Crippen molar-refractivity contribution >= 4 is 9.84 Å². The number of hydrogen-bond donors (Lipinski definition) is 1. The second kappa shape index (κ2) is 6.15. The lowest BCUT2D eigenvalue weighted by molar-refractivity contribution is 0.128. The third-order valence-electron chi connectivity index (χ3n) is 3.59. The summed E-state index contributed by atoms with van der Waals surface area (Å²) >= 11 is 0. The summed E-state index contributed by atoms with van der Waals surface area (Å²) in [7, 11) is -2.92. The molecule has 112 valence electrons. The largest absolute Gasteiger partial charge is 0.387 e. The van der Waals surface area contributed by atoms with E-state index in [1.807, 2.05) is 11.8 Å². The van der Waals surface area contributed by atoms with Gasteiger partial charge in [-0.2, -0.15) is 0 Å². The van der Waals surface area contributed by atoms with Gasteiger partial charge in [0.05, 0.1) is 29.5 Å². The molecule has 0 bridgehead atoms. The van der Waals surface area contributed by atoms with Gasteiger partial charge in [-0.15, -0.1) is 0 Å². The standard InChI is InChI=1S/C13H19FN2O3S/c1-10-9-20(18,19)7-6-16(10)5-4-13(17)12-3-2-11(14)8-15-12/h2-3,8,10,13,17H,4-7,9H2,1H3. The maximum absolute atomic E-state index is 12.7. The molecule has 2 rings (SSSR count). The first-order valence-corrected chi connectivity index (χ1v) is 8.43. The van der Waals surface area contributed by atoms with Crippen LogP contribution >= 0.6 is 0 Å². The Balaban J connectivity index is 1.87. The molecule has 1 N–H and O–H groups in total. The van der Waals surface area contributed by atoms with Gasteiger partial charge >= 0.3 is 0 Å². The molecule has 0 radical (unpaired) electrons. The highest BCUT2D eigenvalue weighted by molar-refractivity contribution is 7.91. The van der Waals surface area contributed by atoms with Gasteiger partial charge in [-0.25, -0.2) is 12.8 Å². The summed E-state index contributed by atoms with van der Waals surface area (Å²) in [5, 5.41) is 10.0. The van der Waals surface area contributed by atoms with E-state index < -0.39 is 21.8 Å². The first-order chi connectivity index (χ1) is 9.37. The predicted molar refractivity (Wildman–Crippen MR) is 73.5 cm³/mol. The fourth-order valence-corrected chi connectivity index (χ4v) is 4.01. The van der Waals surface area contributed by atoms with Crippen LogP contribution in [0.5, 0.6) is 0 Å². The van der Waals surface area contributed by atoms with Gasteiger partial charge in [-0.3, -0.25) is 9.88 Å². The molecule has 0 aliphatic carbocycles. The van der Waals surface area contributed by atoms with Gasteiger partial charge in [0.1, 0.15) is 5.82 Å². The third-order valence-corrected chi connectivity index (χ3v) is 5.38. The molecule has 1 aliphatic heterocycles. The minimum absolute atomic E-state index is 0.0397. The summed E-state index contributed by atoms with van der Waals surface area (Å²) in [5.74, 6) is -0.101. The quantitative estimate of drug-likeness (QED) is 0.889. The molecule has 1 aliphatic rings. The van der Waals surface area contributed by atoms with Crippen molar-refractivity contribution in [2.45, 2.75) is 25.5 Å². The third kappa shape index (κ3) is 3.97. The molecular weight excluding hydrogens is 283 g/mol. The molecule has 1 fully saturated rings. The van der Waals surface area contributed by atoms with Crippen LogP contribution in [-0.4, -0.2) is 54.0 Å². The molecule has 2 heterocycles. The molecule has 0 saturated carbocycles. The molecule has 0 spiro atoms. The van der Waals surface area contributed by atoms with Crippen molar-refractivity contribution in [3.63, 3.8) is 0 Å². The molecule has 7 heteroatoms. The van der Waals surface area contributed by atoms with Crippen LogP contribution in [0, 0.1) is 5.82 Å². The minimum Gasteiger partial charge on any atom is -0.387 e. The van der Waals surface area contributed by atoms with E-state index in [1.54, 1.807) is 0 Å². The van der Waals surface area contributed by atoms with E-state index in [2.05, 4.69) is 4.98 Å². The zero-order chi connectivity index (χ0) is 14.8. The van der Waals surface area contributed by atoms with Crippen LogP contribution in [0.1, 0.15) is 25.1 Å². The van der Waals surface area contributed by atoms with Gasteiger partial charge < -0.3 is 5.11 Å². The summed E-state index contributed by atoms with van der Waals surface area (Å²) in [6, 6.07) is 2.69. The van der Waals surface area contributed by atoms with E-state index in [0.29, 0.717) is 25.2 Å². The topological polar surface area (TPSA) is 70.5 Å². The van der Waals surface area contributed by atoms with Crippen molar-refractivity contribution in [2.75, 3.05) is 24.6 Å². The van der Waals surface area contributed by atoms with Crippen LogP contribution in [0.2, 0.25) is 0 Å². The Kier molecular flexibility index (Phi) is 4.72. The maximum Gasteiger partial charge on any atom is 0.153 e. The van der Waals surface area contributed by atoms with E-state index in [9.17, 15) is 17.9 Å². The normalized spacial score (nSPS) is 24.4. The molecule has 2 atom stereocenters. The van der Waals surface area contributed by atoms with E-state index in [4.69, 9.17) is 0 Å². The number of aliphatic hydroxyl groups is 1. The van der Waals surface area contributed by atoms with Crippen LogP contribution in [0.3, 0.4) is 0 Å². The van der Waals surface area contributed by atoms with Gasteiger partial charge in [-0.1, -0.05) is 0 Å². The van der Waals surface area contributed by atoms with Crippen molar-refractivity contribution in [3.8, 4) is 0 Å². The van der Waals surface area contributed by atoms with Crippen LogP contribution in [0.15, 0.2) is 18.3 Å². The van der Waals surface area contributed by atoms with E-state index >= 15 is 0 Å². The fraction of sp³-hybridized carbons (Fsp3) is 0.615. The van der Waals surface area contributed by atoms with Gasteiger partial charge in [0.2, 0.25) is 0 Å². The SMILES string of the molecule is CC1CS(=O)(=O)CCN1CCC(O)c1ccc(F)cn1. The predicted octanol–water partition coefficient (Wildman–Crippen LogP) is 0.763. The lowest BCUT2D eigenvalue weighted by Gasteiger charge is -2.33. The monoisotopic (exact) mass is 302 g/mol. The Morgan fingerprint density at radius 2 is 2.30 bits per heavy atom. The number of pyridine rings is 1. The highest BCUT2D eigenvalue weighted by Gasteiger charge is 2.28. The van der Waals surface area contributed by atoms with Crippen molar-refractivity contribution in [1.82, 2.24) is 9.88 Å². The molecule has 1 aromatic heterocycles. The van der Waals surface area contributed by atoms with Crippen molar-refractivity contribution < 1.29 is 17.9 Å². The number of hydrogen-bond acceptors (Lipinski definition) is 5. The fourth-order valence-electron chi connectivity index (χ4n) is 2.39. The number of sulfone groups is 1. The second-order valence-corrected chi connectivity index (χ2v) is 7.43. The van der Waals surface area contributed by atoms with Gasteiger partial charge in [0.25, 0.3) is 0 Å². The summed E-state index contributed by atoms with van der Waals surface area (Å²) in [4.78, 5) is 5.89. The number of rotatable bonds is 4. The van der Waals surface area contributed by atoms with E-state index in [1.165, 1.54) is 12.1 Å². The average molecular weight is 302 g/mol. The van der Waals surface area contributed by atoms with E-state index in [0.717, 1.165) is 6.20 Å². The first-order valence-electron chi connectivity index (χ1n) is 6.61. The minimum atomic E-state index is -2.92. The van der Waals surface area contributed by atoms with Gasteiger partial charge in [0, 0.05) is 19.1 Å². The van der Waals surface area contributed by atoms with Crippen molar-refractivity contribution in [1.29, 1.82) is 0 Å². The number of halogens is 1. The highest BCUT2D eigenvalue weighted by Crippen LogP contribution is 2.18. The summed E-state index contributed by atoms with van der Waals surface area (Å²) in [6.45, 7) is 2.96. The zero-order valence-corrected chi connectivity index (χ0v) is 12.2. The van der Waals surface area contributed by atoms with E-state index in [-0.39, 0.29) is 17.5 Å². The maximum atomic E-state index is 12.7. The first kappa shape index (κ1) is 15.3. The summed E-state index contributed by atoms with van der Waals surface area (Å²) in [6.07, 6.45) is 0.763. The molecular formula is C13H19FN2O3S. The zero-order valence-electron chi connectivity index (χ0n) is 11.4. The second-order valence-electron chi connectivity index (χ2n) is 5.21. The van der Waals surface area contributed by atoms with Gasteiger partial charge in [-0.05, 0) is 25.5 Å². The number of nitrogens with zero attached hydrogens (tertiary/aromatic N) is 2. The Bertz CT molecular complexity index is 547. The van der Waals surface area contributed by atoms with Crippen LogP contribution in [-0.2, 0) is 9.84 Å². The van der Waals surface area contributed by atoms with Crippen molar-refractivity contribution in [3.05, 3.63) is 29.8 Å². The summed E-state index contributed by atoms with van der Waals surface area (Å²) < 4.78 is 35.7. The molecule has 5 nitrogen and oxygen atoms in total. The van der Waals surface area contributed by atoms with Crippen LogP contribution < -0.4 is 0 Å². The lowest BCUT2D eigenvalue weighted by Crippen LogP contribution is -2.47. The molecule has 1 aromatic rings. The van der Waals surface area contributed by atoms with Gasteiger partial charge in [0.15, 0.2) is 9.84 Å². The average Bonchev–Trinajstić information content (AvgIpc) is 2.37. The Labute approximate surface area is 118 Å². The Morgan fingerprint density at radius 3 is 2.90 bits per heavy atom. The Morgan fingerprint density at radius 1 is 1.55 bits per heavy atom. The highest BCUT2D eigenvalue weighted by atomic mass is 32.2. The smallest absolute Gasteiger partial charge is 0.153 e. The molecule has 0 aromatic carbocycles. The summed E-state index contributed by atoms with van der Waals surface area (Å²) in [5.41, 5.74) is 0.434. The van der Waals surface area contributed by atoms with Crippen LogP contribution in [0.4, 0.5) is 4.39 Å². The molecule has 1 saturated heterocycles. The van der Waals surface area contributed by atoms with Crippen molar-refractivity contribution in [2.24, 2.45) is 0 Å².